The summed E-state index contributed by atoms with van der Waals surface area (Å²) in [5, 5.41) is 19.5. The lowest BCUT2D eigenvalue weighted by atomic mass is 10.3. The van der Waals surface area contributed by atoms with Crippen LogP contribution in [0, 0.1) is 17.0 Å². The van der Waals surface area contributed by atoms with Crippen LogP contribution in [0.4, 0.5) is 5.69 Å². The average Bonchev–Trinajstić information content (AvgIpc) is 2.60. The first-order chi connectivity index (χ1) is 8.50. The van der Waals surface area contributed by atoms with Crippen molar-refractivity contribution in [2.24, 2.45) is 7.05 Å². The molecule has 0 radical (unpaired) electrons. The van der Waals surface area contributed by atoms with E-state index in [0.717, 1.165) is 5.82 Å². The fourth-order valence-corrected chi connectivity index (χ4v) is 2.60. The molecule has 18 heavy (non-hydrogen) atoms. The third-order valence-electron chi connectivity index (χ3n) is 2.39. The van der Waals surface area contributed by atoms with E-state index < -0.39 is 4.92 Å². The van der Waals surface area contributed by atoms with Crippen molar-refractivity contribution in [1.82, 2.24) is 14.8 Å². The van der Waals surface area contributed by atoms with Gasteiger partial charge in [-0.2, -0.15) is 0 Å². The van der Waals surface area contributed by atoms with Gasteiger partial charge in [-0.15, -0.1) is 10.2 Å². The zero-order valence-electron chi connectivity index (χ0n) is 9.62. The fraction of sp³-hybridized carbons (Fsp3) is 0.200. The summed E-state index contributed by atoms with van der Waals surface area (Å²) in [5.41, 5.74) is -0.107. The number of nitro benzene ring substituents is 1. The number of para-hydroxylation sites is 1. The number of hydrogen-bond acceptors (Lipinski definition) is 5. The van der Waals surface area contributed by atoms with Gasteiger partial charge < -0.3 is 4.57 Å². The summed E-state index contributed by atoms with van der Waals surface area (Å²) < 4.78 is 1.76. The second-order valence-electron chi connectivity index (χ2n) is 3.53. The van der Waals surface area contributed by atoms with E-state index >= 15 is 0 Å². The van der Waals surface area contributed by atoms with Gasteiger partial charge in [0.15, 0.2) is 5.16 Å². The van der Waals surface area contributed by atoms with Crippen LogP contribution >= 0.6 is 23.4 Å². The minimum atomic E-state index is -0.492. The predicted molar refractivity (Wildman–Crippen MR) is 68.0 cm³/mol. The van der Waals surface area contributed by atoms with Gasteiger partial charge in [0.05, 0.1) is 9.82 Å². The van der Waals surface area contributed by atoms with Crippen molar-refractivity contribution in [3.05, 3.63) is 39.2 Å². The van der Waals surface area contributed by atoms with Gasteiger partial charge in [-0.3, -0.25) is 10.1 Å². The molecular weight excluding hydrogens is 276 g/mol. The Morgan fingerprint density at radius 3 is 2.72 bits per heavy atom. The molecule has 2 aromatic rings. The molecule has 0 saturated carbocycles. The Morgan fingerprint density at radius 1 is 1.44 bits per heavy atom. The van der Waals surface area contributed by atoms with Crippen molar-refractivity contribution in [1.29, 1.82) is 0 Å². The van der Waals surface area contributed by atoms with Crippen LogP contribution < -0.4 is 0 Å². The SMILES string of the molecule is Cc1nnc(Sc2cccc(Cl)c2[N+](=O)[O-])n1C. The molecule has 0 atom stereocenters. The molecule has 1 heterocycles. The Kier molecular flexibility index (Phi) is 3.53. The first kappa shape index (κ1) is 12.8. The smallest absolute Gasteiger partial charge is 0.301 e. The molecule has 6 nitrogen and oxygen atoms in total. The largest absolute Gasteiger partial charge is 0.309 e. The zero-order valence-corrected chi connectivity index (χ0v) is 11.2. The Bertz CT molecular complexity index is 614. The molecule has 0 aliphatic heterocycles. The highest BCUT2D eigenvalue weighted by Gasteiger charge is 2.20. The molecule has 0 amide bonds. The first-order valence-electron chi connectivity index (χ1n) is 4.97. The minimum Gasteiger partial charge on any atom is -0.309 e. The quantitative estimate of drug-likeness (QED) is 0.640. The van der Waals surface area contributed by atoms with Gasteiger partial charge in [-0.25, -0.2) is 0 Å². The molecule has 8 heteroatoms. The third kappa shape index (κ3) is 2.32. The lowest BCUT2D eigenvalue weighted by molar-refractivity contribution is -0.387. The molecule has 0 aliphatic carbocycles. The molecule has 94 valence electrons. The number of benzene rings is 1. The molecule has 0 unspecified atom stereocenters. The van der Waals surface area contributed by atoms with Crippen molar-refractivity contribution in [2.75, 3.05) is 0 Å². The highest BCUT2D eigenvalue weighted by molar-refractivity contribution is 7.99. The van der Waals surface area contributed by atoms with E-state index in [4.69, 9.17) is 11.6 Å². The molecule has 2 rings (SSSR count). The van der Waals surface area contributed by atoms with E-state index in [-0.39, 0.29) is 10.7 Å². The van der Waals surface area contributed by atoms with E-state index in [1.807, 2.05) is 6.92 Å². The van der Waals surface area contributed by atoms with Crippen LogP contribution in [0.2, 0.25) is 5.02 Å². The number of nitrogens with zero attached hydrogens (tertiary/aromatic N) is 4. The first-order valence-corrected chi connectivity index (χ1v) is 6.17. The normalized spacial score (nSPS) is 10.6. The predicted octanol–water partition coefficient (Wildman–Crippen LogP) is 2.84. The molecule has 0 fully saturated rings. The number of aromatic nitrogens is 3. The maximum absolute atomic E-state index is 11.0. The lowest BCUT2D eigenvalue weighted by Crippen LogP contribution is -1.95. The number of hydrogen-bond donors (Lipinski definition) is 0. The van der Waals surface area contributed by atoms with Crippen LogP contribution in [0.5, 0.6) is 0 Å². The van der Waals surface area contributed by atoms with E-state index in [2.05, 4.69) is 10.2 Å². The Balaban J connectivity index is 2.44. The summed E-state index contributed by atoms with van der Waals surface area (Å²) in [7, 11) is 1.80. The topological polar surface area (TPSA) is 73.8 Å². The number of rotatable bonds is 3. The van der Waals surface area contributed by atoms with Crippen LogP contribution in [0.15, 0.2) is 28.3 Å². The van der Waals surface area contributed by atoms with E-state index in [0.29, 0.717) is 10.1 Å². The fourth-order valence-electron chi connectivity index (χ4n) is 1.33. The van der Waals surface area contributed by atoms with Gasteiger partial charge in [0.25, 0.3) is 0 Å². The van der Waals surface area contributed by atoms with Crippen molar-refractivity contribution in [3.63, 3.8) is 0 Å². The van der Waals surface area contributed by atoms with E-state index in [9.17, 15) is 10.1 Å². The highest BCUT2D eigenvalue weighted by Crippen LogP contribution is 2.38. The maximum Gasteiger partial charge on any atom is 0.301 e. The molecule has 0 N–H and O–H groups in total. The zero-order chi connectivity index (χ0) is 13.3. The molecule has 1 aromatic heterocycles. The van der Waals surface area contributed by atoms with Gasteiger partial charge in [-0.05, 0) is 30.8 Å². The lowest BCUT2D eigenvalue weighted by Gasteiger charge is -2.03. The van der Waals surface area contributed by atoms with Crippen LogP contribution in [0.1, 0.15) is 5.82 Å². The van der Waals surface area contributed by atoms with Gasteiger partial charge in [0.1, 0.15) is 10.8 Å². The average molecular weight is 285 g/mol. The molecular formula is C10H9ClN4O2S. The van der Waals surface area contributed by atoms with E-state index in [1.54, 1.807) is 23.7 Å². The van der Waals surface area contributed by atoms with Crippen molar-refractivity contribution in [3.8, 4) is 0 Å². The molecule has 0 saturated heterocycles. The van der Waals surface area contributed by atoms with Gasteiger partial charge in [0, 0.05) is 7.05 Å². The molecule has 0 spiro atoms. The van der Waals surface area contributed by atoms with Crippen molar-refractivity contribution >= 4 is 29.1 Å². The second kappa shape index (κ2) is 4.95. The standard InChI is InChI=1S/C10H9ClN4O2S/c1-6-12-13-10(14(6)2)18-8-5-3-4-7(11)9(8)15(16)17/h3-5H,1-2H3. The molecule has 1 aromatic carbocycles. The molecule has 0 aliphatic rings. The Labute approximate surface area is 112 Å². The summed E-state index contributed by atoms with van der Waals surface area (Å²) in [4.78, 5) is 10.9. The van der Waals surface area contributed by atoms with Crippen LogP contribution in [0.3, 0.4) is 0 Å². The summed E-state index contributed by atoms with van der Waals surface area (Å²) in [6.07, 6.45) is 0. The monoisotopic (exact) mass is 284 g/mol. The van der Waals surface area contributed by atoms with Crippen molar-refractivity contribution < 1.29 is 4.92 Å². The Morgan fingerprint density at radius 2 is 2.17 bits per heavy atom. The maximum atomic E-state index is 11.0. The van der Waals surface area contributed by atoms with Gasteiger partial charge >= 0.3 is 5.69 Å². The van der Waals surface area contributed by atoms with Gasteiger partial charge in [0.2, 0.25) is 0 Å². The van der Waals surface area contributed by atoms with Crippen molar-refractivity contribution in [2.45, 2.75) is 17.0 Å². The number of aryl methyl sites for hydroxylation is 1. The minimum absolute atomic E-state index is 0.107. The summed E-state index contributed by atoms with van der Waals surface area (Å²) >= 11 is 7.01. The van der Waals surface area contributed by atoms with Crippen LogP contribution in [-0.4, -0.2) is 19.7 Å². The molecule has 0 bridgehead atoms. The summed E-state index contributed by atoms with van der Waals surface area (Å²) in [6.45, 7) is 1.81. The third-order valence-corrected chi connectivity index (χ3v) is 3.78. The summed E-state index contributed by atoms with van der Waals surface area (Å²) in [5.74, 6) is 0.738. The number of halogens is 1. The van der Waals surface area contributed by atoms with Crippen LogP contribution in [-0.2, 0) is 7.05 Å². The highest BCUT2D eigenvalue weighted by atomic mass is 35.5. The Hall–Kier alpha value is -1.60. The van der Waals surface area contributed by atoms with E-state index in [1.165, 1.54) is 17.8 Å². The van der Waals surface area contributed by atoms with Gasteiger partial charge in [-0.1, -0.05) is 17.7 Å². The summed E-state index contributed by atoms with van der Waals surface area (Å²) in [6, 6.07) is 4.80. The number of nitro groups is 1. The second-order valence-corrected chi connectivity index (χ2v) is 4.95. The van der Waals surface area contributed by atoms with Crippen LogP contribution in [0.25, 0.3) is 0 Å².